The van der Waals surface area contributed by atoms with E-state index in [9.17, 15) is 0 Å². The normalized spacial score (nSPS) is 12.7. The Bertz CT molecular complexity index is 316. The van der Waals surface area contributed by atoms with Gasteiger partial charge in [-0.2, -0.15) is 16.7 Å². The van der Waals surface area contributed by atoms with Crippen molar-refractivity contribution in [3.8, 4) is 0 Å². The fourth-order valence-corrected chi connectivity index (χ4v) is 2.49. The molecule has 0 fully saturated rings. The van der Waals surface area contributed by atoms with Crippen molar-refractivity contribution in [3.05, 3.63) is 12.0 Å². The number of rotatable bonds is 8. The number of hydrogen-bond acceptors (Lipinski definition) is 5. The highest BCUT2D eigenvalue weighted by atomic mass is 32.2. The van der Waals surface area contributed by atoms with Crippen LogP contribution in [-0.2, 0) is 6.54 Å². The monoisotopic (exact) mass is 257 g/mol. The molecule has 0 spiro atoms. The molecule has 1 atom stereocenters. The van der Waals surface area contributed by atoms with Crippen LogP contribution in [0.1, 0.15) is 26.0 Å². The smallest absolute Gasteiger partial charge is 0.297 e. The van der Waals surface area contributed by atoms with Gasteiger partial charge in [0, 0.05) is 25.4 Å². The van der Waals surface area contributed by atoms with Crippen molar-refractivity contribution < 1.29 is 4.42 Å². The predicted octanol–water partition coefficient (Wildman–Crippen LogP) is 2.36. The molecular weight excluding hydrogens is 234 g/mol. The molecule has 0 aliphatic heterocycles. The quantitative estimate of drug-likeness (QED) is 0.774. The first-order valence-corrected chi connectivity index (χ1v) is 7.49. The fraction of sp³-hybridized carbons (Fsp3) is 0.750. The maximum atomic E-state index is 5.52. The van der Waals surface area contributed by atoms with E-state index in [1.165, 1.54) is 0 Å². The number of anilines is 1. The van der Waals surface area contributed by atoms with E-state index in [-0.39, 0.29) is 0 Å². The Morgan fingerprint density at radius 3 is 2.88 bits per heavy atom. The summed E-state index contributed by atoms with van der Waals surface area (Å²) in [6.45, 7) is 5.99. The predicted molar refractivity (Wildman–Crippen MR) is 74.7 cm³/mol. The molecule has 0 amide bonds. The van der Waals surface area contributed by atoms with Crippen LogP contribution < -0.4 is 10.2 Å². The molecule has 0 aliphatic carbocycles. The number of hydrogen-bond donors (Lipinski definition) is 1. The number of oxazole rings is 1. The molecule has 17 heavy (non-hydrogen) atoms. The van der Waals surface area contributed by atoms with E-state index in [4.69, 9.17) is 4.42 Å². The van der Waals surface area contributed by atoms with Crippen molar-refractivity contribution in [2.75, 3.05) is 30.5 Å². The van der Waals surface area contributed by atoms with E-state index in [0.29, 0.717) is 6.04 Å². The van der Waals surface area contributed by atoms with Crippen LogP contribution in [0.2, 0.25) is 0 Å². The first-order chi connectivity index (χ1) is 8.22. The van der Waals surface area contributed by atoms with Crippen LogP contribution in [0.5, 0.6) is 0 Å². The summed E-state index contributed by atoms with van der Waals surface area (Å²) in [6, 6.07) is 1.20. The van der Waals surface area contributed by atoms with E-state index in [0.717, 1.165) is 37.0 Å². The third-order valence-corrected chi connectivity index (χ3v) is 3.49. The Hall–Kier alpha value is -0.680. The Labute approximate surface area is 108 Å². The zero-order valence-electron chi connectivity index (χ0n) is 11.2. The van der Waals surface area contributed by atoms with Crippen LogP contribution in [0.25, 0.3) is 0 Å². The van der Waals surface area contributed by atoms with Gasteiger partial charge in [-0.3, -0.25) is 0 Å². The lowest BCUT2D eigenvalue weighted by Gasteiger charge is -2.24. The third kappa shape index (κ3) is 4.24. The van der Waals surface area contributed by atoms with Gasteiger partial charge in [0.05, 0.1) is 5.69 Å². The van der Waals surface area contributed by atoms with Gasteiger partial charge in [-0.1, -0.05) is 13.8 Å². The second-order valence-corrected chi connectivity index (χ2v) is 4.94. The van der Waals surface area contributed by atoms with Gasteiger partial charge >= 0.3 is 0 Å². The minimum Gasteiger partial charge on any atom is -0.432 e. The van der Waals surface area contributed by atoms with E-state index in [2.05, 4.69) is 35.3 Å². The summed E-state index contributed by atoms with van der Waals surface area (Å²) in [7, 11) is 2.05. The topological polar surface area (TPSA) is 41.3 Å². The van der Waals surface area contributed by atoms with Crippen molar-refractivity contribution in [1.29, 1.82) is 0 Å². The van der Waals surface area contributed by atoms with Crippen LogP contribution in [0.3, 0.4) is 0 Å². The molecule has 1 rings (SSSR count). The average Bonchev–Trinajstić information content (AvgIpc) is 2.81. The van der Waals surface area contributed by atoms with E-state index in [1.807, 2.05) is 18.8 Å². The summed E-state index contributed by atoms with van der Waals surface area (Å²) in [6.07, 6.45) is 4.96. The summed E-state index contributed by atoms with van der Waals surface area (Å²) in [5.41, 5.74) is 0.965. The van der Waals surface area contributed by atoms with Gasteiger partial charge in [0.15, 0.2) is 0 Å². The summed E-state index contributed by atoms with van der Waals surface area (Å²) < 4.78 is 5.52. The van der Waals surface area contributed by atoms with Gasteiger partial charge < -0.3 is 14.6 Å². The minimum atomic E-state index is 0.482. The lowest BCUT2D eigenvalue weighted by atomic mass is 10.2. The van der Waals surface area contributed by atoms with Crippen LogP contribution >= 0.6 is 11.8 Å². The average molecular weight is 257 g/mol. The maximum Gasteiger partial charge on any atom is 0.297 e. The molecule has 1 N–H and O–H groups in total. The highest BCUT2D eigenvalue weighted by molar-refractivity contribution is 7.98. The van der Waals surface area contributed by atoms with Crippen molar-refractivity contribution in [3.63, 3.8) is 0 Å². The minimum absolute atomic E-state index is 0.482. The first kappa shape index (κ1) is 14.4. The lowest BCUT2D eigenvalue weighted by Crippen LogP contribution is -2.33. The largest absolute Gasteiger partial charge is 0.432 e. The van der Waals surface area contributed by atoms with Crippen molar-refractivity contribution >= 4 is 17.8 Å². The SMILES string of the molecule is CCNCc1coc(N(C)C(CC)CSC)n1. The standard InChI is InChI=1S/C12H23N3OS/c1-5-11(9-17-4)15(3)12-14-10(8-16-12)7-13-6-2/h8,11,13H,5-7,9H2,1-4H3. The third-order valence-electron chi connectivity index (χ3n) is 2.78. The molecule has 0 saturated carbocycles. The van der Waals surface area contributed by atoms with Gasteiger partial charge in [0.2, 0.25) is 0 Å². The highest BCUT2D eigenvalue weighted by Crippen LogP contribution is 2.18. The lowest BCUT2D eigenvalue weighted by molar-refractivity contribution is 0.517. The van der Waals surface area contributed by atoms with E-state index in [1.54, 1.807) is 6.26 Å². The van der Waals surface area contributed by atoms with E-state index >= 15 is 0 Å². The Balaban J connectivity index is 2.61. The van der Waals surface area contributed by atoms with E-state index < -0.39 is 0 Å². The molecule has 1 unspecified atom stereocenters. The zero-order chi connectivity index (χ0) is 12.7. The second-order valence-electron chi connectivity index (χ2n) is 4.03. The molecular formula is C12H23N3OS. The summed E-state index contributed by atoms with van der Waals surface area (Å²) >= 11 is 1.85. The Morgan fingerprint density at radius 1 is 1.53 bits per heavy atom. The number of nitrogens with one attached hydrogen (secondary N) is 1. The van der Waals surface area contributed by atoms with Crippen molar-refractivity contribution in [2.45, 2.75) is 32.9 Å². The molecule has 0 aromatic carbocycles. The van der Waals surface area contributed by atoms with Crippen LogP contribution in [0.15, 0.2) is 10.7 Å². The molecule has 5 heteroatoms. The summed E-state index contributed by atoms with van der Waals surface area (Å²) in [4.78, 5) is 6.62. The fourth-order valence-electron chi connectivity index (χ4n) is 1.64. The van der Waals surface area contributed by atoms with Crippen LogP contribution in [0, 0.1) is 0 Å². The molecule has 0 aliphatic rings. The number of aromatic nitrogens is 1. The van der Waals surface area contributed by atoms with Crippen LogP contribution in [0.4, 0.5) is 6.01 Å². The van der Waals surface area contributed by atoms with Crippen molar-refractivity contribution in [2.24, 2.45) is 0 Å². The Kier molecular flexibility index (Phi) is 6.44. The second kappa shape index (κ2) is 7.61. The Morgan fingerprint density at radius 2 is 2.29 bits per heavy atom. The van der Waals surface area contributed by atoms with Gasteiger partial charge in [-0.25, -0.2) is 0 Å². The number of thioether (sulfide) groups is 1. The summed E-state index contributed by atoms with van der Waals surface area (Å²) in [5.74, 6) is 1.10. The van der Waals surface area contributed by atoms with Gasteiger partial charge in [0.1, 0.15) is 6.26 Å². The molecule has 1 aromatic rings. The molecule has 0 saturated heterocycles. The molecule has 4 nitrogen and oxygen atoms in total. The molecule has 98 valence electrons. The first-order valence-electron chi connectivity index (χ1n) is 6.09. The maximum absolute atomic E-state index is 5.52. The van der Waals surface area contributed by atoms with Gasteiger partial charge in [-0.05, 0) is 19.2 Å². The molecule has 0 radical (unpaired) electrons. The van der Waals surface area contributed by atoms with Gasteiger partial charge in [-0.15, -0.1) is 0 Å². The number of nitrogens with zero attached hydrogens (tertiary/aromatic N) is 2. The van der Waals surface area contributed by atoms with Crippen molar-refractivity contribution in [1.82, 2.24) is 10.3 Å². The van der Waals surface area contributed by atoms with Gasteiger partial charge in [0.25, 0.3) is 6.01 Å². The van der Waals surface area contributed by atoms with Crippen LogP contribution in [-0.4, -0.2) is 36.6 Å². The molecule has 1 heterocycles. The molecule has 0 bridgehead atoms. The summed E-state index contributed by atoms with van der Waals surface area (Å²) in [5, 5.41) is 3.24. The zero-order valence-corrected chi connectivity index (χ0v) is 12.0. The molecule has 1 aromatic heterocycles. The highest BCUT2D eigenvalue weighted by Gasteiger charge is 2.17.